The van der Waals surface area contributed by atoms with Crippen LogP contribution in [-0.2, 0) is 12.8 Å². The lowest BCUT2D eigenvalue weighted by molar-refractivity contribution is -0.128. The van der Waals surface area contributed by atoms with Gasteiger partial charge in [0.15, 0.2) is 5.82 Å². The average molecular weight is 279 g/mol. The van der Waals surface area contributed by atoms with Gasteiger partial charge in [0.1, 0.15) is 6.42 Å². The first-order valence-electron chi connectivity index (χ1n) is 6.53. The van der Waals surface area contributed by atoms with Gasteiger partial charge in [-0.15, -0.1) is 0 Å². The molecule has 1 aromatic rings. The van der Waals surface area contributed by atoms with E-state index in [1.54, 1.807) is 0 Å². The van der Waals surface area contributed by atoms with Gasteiger partial charge in [-0.2, -0.15) is 18.2 Å². The molecule has 19 heavy (non-hydrogen) atoms. The molecule has 4 nitrogen and oxygen atoms in total. The van der Waals surface area contributed by atoms with Crippen molar-refractivity contribution in [2.24, 2.45) is 11.7 Å². The molecular formula is C12H20F3N3O. The molecule has 0 saturated heterocycles. The molecule has 1 aromatic heterocycles. The normalized spacial score (nSPS) is 13.7. The summed E-state index contributed by atoms with van der Waals surface area (Å²) in [6, 6.07) is 0. The summed E-state index contributed by atoms with van der Waals surface area (Å²) < 4.78 is 41.2. The van der Waals surface area contributed by atoms with Crippen LogP contribution < -0.4 is 5.73 Å². The standard InChI is InChI=1S/C12H20F3N3O/c1-2-3-9(6-7-16)4-5-11-17-10(18-19-11)8-12(13,14)15/h9H,2-8,16H2,1H3. The van der Waals surface area contributed by atoms with E-state index in [2.05, 4.69) is 17.1 Å². The van der Waals surface area contributed by atoms with Crippen molar-refractivity contribution in [3.8, 4) is 0 Å². The van der Waals surface area contributed by atoms with Crippen LogP contribution in [0.15, 0.2) is 4.52 Å². The van der Waals surface area contributed by atoms with Crippen LogP contribution >= 0.6 is 0 Å². The SMILES string of the molecule is CCCC(CCN)CCc1nc(CC(F)(F)F)no1. The van der Waals surface area contributed by atoms with Gasteiger partial charge in [0, 0.05) is 6.42 Å². The van der Waals surface area contributed by atoms with Crippen molar-refractivity contribution in [3.63, 3.8) is 0 Å². The van der Waals surface area contributed by atoms with Crippen LogP contribution in [0, 0.1) is 5.92 Å². The van der Waals surface area contributed by atoms with E-state index in [0.29, 0.717) is 18.9 Å². The van der Waals surface area contributed by atoms with Crippen LogP contribution in [-0.4, -0.2) is 22.9 Å². The minimum Gasteiger partial charge on any atom is -0.339 e. The summed E-state index contributed by atoms with van der Waals surface area (Å²) in [5.41, 5.74) is 5.53. The van der Waals surface area contributed by atoms with Crippen LogP contribution in [0.2, 0.25) is 0 Å². The molecule has 0 aliphatic carbocycles. The second kappa shape index (κ2) is 7.47. The van der Waals surface area contributed by atoms with E-state index >= 15 is 0 Å². The Balaban J connectivity index is 2.44. The third-order valence-electron chi connectivity index (χ3n) is 2.91. The second-order valence-electron chi connectivity index (χ2n) is 4.67. The smallest absolute Gasteiger partial charge is 0.339 e. The van der Waals surface area contributed by atoms with Gasteiger partial charge in [-0.1, -0.05) is 24.9 Å². The molecule has 0 aliphatic rings. The Labute approximate surface area is 110 Å². The Morgan fingerprint density at radius 1 is 1.26 bits per heavy atom. The molecule has 0 bridgehead atoms. The summed E-state index contributed by atoms with van der Waals surface area (Å²) in [5, 5.41) is 3.34. The van der Waals surface area contributed by atoms with E-state index in [4.69, 9.17) is 10.3 Å². The number of hydrogen-bond acceptors (Lipinski definition) is 4. The molecule has 2 N–H and O–H groups in total. The Morgan fingerprint density at radius 3 is 2.58 bits per heavy atom. The van der Waals surface area contributed by atoms with E-state index in [-0.39, 0.29) is 11.7 Å². The highest BCUT2D eigenvalue weighted by Crippen LogP contribution is 2.21. The maximum Gasteiger partial charge on any atom is 0.396 e. The average Bonchev–Trinajstić information content (AvgIpc) is 2.72. The number of hydrogen-bond donors (Lipinski definition) is 1. The monoisotopic (exact) mass is 279 g/mol. The van der Waals surface area contributed by atoms with Crippen molar-refractivity contribution in [2.75, 3.05) is 6.54 Å². The van der Waals surface area contributed by atoms with Crippen molar-refractivity contribution < 1.29 is 17.7 Å². The van der Waals surface area contributed by atoms with Crippen LogP contribution in [0.3, 0.4) is 0 Å². The van der Waals surface area contributed by atoms with Crippen molar-refractivity contribution >= 4 is 0 Å². The summed E-state index contributed by atoms with van der Waals surface area (Å²) in [6.45, 7) is 2.71. The van der Waals surface area contributed by atoms with E-state index in [0.717, 1.165) is 25.7 Å². The fourth-order valence-electron chi connectivity index (χ4n) is 2.05. The van der Waals surface area contributed by atoms with Gasteiger partial charge >= 0.3 is 6.18 Å². The molecule has 1 unspecified atom stereocenters. The van der Waals surface area contributed by atoms with Crippen LogP contribution in [0.25, 0.3) is 0 Å². The van der Waals surface area contributed by atoms with Crippen LogP contribution in [0.5, 0.6) is 0 Å². The third-order valence-corrected chi connectivity index (χ3v) is 2.91. The molecule has 7 heteroatoms. The summed E-state index contributed by atoms with van der Waals surface area (Å²) in [7, 11) is 0. The summed E-state index contributed by atoms with van der Waals surface area (Å²) >= 11 is 0. The molecule has 0 spiro atoms. The maximum atomic E-state index is 12.1. The Kier molecular flexibility index (Phi) is 6.27. The Morgan fingerprint density at radius 2 is 2.00 bits per heavy atom. The molecule has 0 saturated carbocycles. The number of halogens is 3. The molecule has 0 radical (unpaired) electrons. The molecule has 0 aromatic carbocycles. The zero-order valence-electron chi connectivity index (χ0n) is 11.0. The quantitative estimate of drug-likeness (QED) is 0.794. The Hall–Kier alpha value is -1.11. The number of rotatable bonds is 8. The van der Waals surface area contributed by atoms with Gasteiger partial charge < -0.3 is 10.3 Å². The van der Waals surface area contributed by atoms with Gasteiger partial charge in [-0.25, -0.2) is 0 Å². The first-order chi connectivity index (χ1) is 8.94. The van der Waals surface area contributed by atoms with E-state index in [1.165, 1.54) is 0 Å². The molecule has 0 aliphatic heterocycles. The summed E-state index contributed by atoms with van der Waals surface area (Å²) in [5.74, 6) is 0.443. The minimum absolute atomic E-state index is 0.275. The van der Waals surface area contributed by atoms with E-state index in [1.807, 2.05) is 0 Å². The lowest BCUT2D eigenvalue weighted by atomic mass is 9.94. The van der Waals surface area contributed by atoms with Gasteiger partial charge in [0.05, 0.1) is 0 Å². The molecular weight excluding hydrogens is 259 g/mol. The van der Waals surface area contributed by atoms with Crippen LogP contribution in [0.1, 0.15) is 44.3 Å². The fraction of sp³-hybridized carbons (Fsp3) is 0.833. The molecule has 0 amide bonds. The molecule has 1 rings (SSSR count). The van der Waals surface area contributed by atoms with Gasteiger partial charge in [0.25, 0.3) is 0 Å². The fourth-order valence-corrected chi connectivity index (χ4v) is 2.05. The molecule has 1 heterocycles. The number of aryl methyl sites for hydroxylation is 1. The number of aromatic nitrogens is 2. The maximum absolute atomic E-state index is 12.1. The van der Waals surface area contributed by atoms with E-state index in [9.17, 15) is 13.2 Å². The largest absolute Gasteiger partial charge is 0.396 e. The molecule has 110 valence electrons. The minimum atomic E-state index is -4.30. The Bertz CT molecular complexity index is 359. The topological polar surface area (TPSA) is 64.9 Å². The van der Waals surface area contributed by atoms with E-state index < -0.39 is 12.6 Å². The predicted molar refractivity (Wildman–Crippen MR) is 64.4 cm³/mol. The predicted octanol–water partition coefficient (Wildman–Crippen LogP) is 2.87. The second-order valence-corrected chi connectivity index (χ2v) is 4.67. The lowest BCUT2D eigenvalue weighted by Crippen LogP contribution is -2.12. The molecule has 1 atom stereocenters. The summed E-state index contributed by atoms with van der Waals surface area (Å²) in [4.78, 5) is 3.76. The zero-order valence-corrected chi connectivity index (χ0v) is 11.0. The highest BCUT2D eigenvalue weighted by molar-refractivity contribution is 4.89. The highest BCUT2D eigenvalue weighted by atomic mass is 19.4. The van der Waals surface area contributed by atoms with Crippen LogP contribution in [0.4, 0.5) is 13.2 Å². The summed E-state index contributed by atoms with van der Waals surface area (Å²) in [6.07, 6.45) is -1.08. The zero-order chi connectivity index (χ0) is 14.3. The number of alkyl halides is 3. The third kappa shape index (κ3) is 6.56. The van der Waals surface area contributed by atoms with Crippen molar-refractivity contribution in [3.05, 3.63) is 11.7 Å². The first kappa shape index (κ1) is 15.9. The van der Waals surface area contributed by atoms with Crippen molar-refractivity contribution in [2.45, 2.75) is 51.6 Å². The van der Waals surface area contributed by atoms with Crippen molar-refractivity contribution in [1.82, 2.24) is 10.1 Å². The van der Waals surface area contributed by atoms with Crippen molar-refractivity contribution in [1.29, 1.82) is 0 Å². The highest BCUT2D eigenvalue weighted by Gasteiger charge is 2.30. The van der Waals surface area contributed by atoms with Gasteiger partial charge in [-0.3, -0.25) is 0 Å². The van der Waals surface area contributed by atoms with Gasteiger partial charge in [0.2, 0.25) is 5.89 Å². The lowest BCUT2D eigenvalue weighted by Gasteiger charge is -2.13. The molecule has 0 fully saturated rings. The number of nitrogens with zero attached hydrogens (tertiary/aromatic N) is 2. The number of nitrogens with two attached hydrogens (primary N) is 1. The first-order valence-corrected chi connectivity index (χ1v) is 6.53. The van der Waals surface area contributed by atoms with Gasteiger partial charge in [-0.05, 0) is 25.3 Å².